The molecule has 0 spiro atoms. The van der Waals surface area contributed by atoms with Crippen LogP contribution in [0.25, 0.3) is 6.08 Å². The van der Waals surface area contributed by atoms with Gasteiger partial charge in [0.2, 0.25) is 0 Å². The lowest BCUT2D eigenvalue weighted by molar-refractivity contribution is -0.135. The Hall–Kier alpha value is -2.17. The first-order valence-electron chi connectivity index (χ1n) is 4.42. The van der Waals surface area contributed by atoms with E-state index in [1.54, 1.807) is 0 Å². The van der Waals surface area contributed by atoms with Crippen molar-refractivity contribution in [3.05, 3.63) is 41.2 Å². The number of carboxylic acids is 2. The van der Waals surface area contributed by atoms with Gasteiger partial charge in [-0.2, -0.15) is 0 Å². The SMILES string of the molecule is O=C(O)CC=Cc1cc(F)ccc1C(=O)O. The summed E-state index contributed by atoms with van der Waals surface area (Å²) in [6.07, 6.45) is 2.31. The molecule has 0 unspecified atom stereocenters. The summed E-state index contributed by atoms with van der Waals surface area (Å²) >= 11 is 0. The molecule has 0 saturated heterocycles. The monoisotopic (exact) mass is 224 g/mol. The van der Waals surface area contributed by atoms with Crippen LogP contribution in [0.2, 0.25) is 0 Å². The van der Waals surface area contributed by atoms with Gasteiger partial charge in [0.25, 0.3) is 0 Å². The third kappa shape index (κ3) is 3.20. The highest BCUT2D eigenvalue weighted by molar-refractivity contribution is 5.92. The zero-order chi connectivity index (χ0) is 12.1. The molecule has 16 heavy (non-hydrogen) atoms. The maximum absolute atomic E-state index is 12.9. The van der Waals surface area contributed by atoms with Crippen LogP contribution in [0.4, 0.5) is 4.39 Å². The van der Waals surface area contributed by atoms with E-state index in [1.165, 1.54) is 12.2 Å². The van der Waals surface area contributed by atoms with E-state index >= 15 is 0 Å². The second-order valence-electron chi connectivity index (χ2n) is 3.04. The van der Waals surface area contributed by atoms with Gasteiger partial charge in [-0.1, -0.05) is 12.2 Å². The van der Waals surface area contributed by atoms with Gasteiger partial charge < -0.3 is 10.2 Å². The van der Waals surface area contributed by atoms with E-state index < -0.39 is 17.8 Å². The van der Waals surface area contributed by atoms with Crippen LogP contribution in [0.5, 0.6) is 0 Å². The maximum atomic E-state index is 12.9. The number of carbonyl (C=O) groups is 2. The molecule has 0 radical (unpaired) electrons. The van der Waals surface area contributed by atoms with E-state index in [0.717, 1.165) is 18.2 Å². The molecule has 0 aromatic heterocycles. The Morgan fingerprint density at radius 1 is 1.31 bits per heavy atom. The number of hydrogen-bond acceptors (Lipinski definition) is 2. The molecule has 0 aliphatic heterocycles. The van der Waals surface area contributed by atoms with E-state index in [2.05, 4.69) is 0 Å². The van der Waals surface area contributed by atoms with Crippen molar-refractivity contribution in [2.24, 2.45) is 0 Å². The van der Waals surface area contributed by atoms with Crippen LogP contribution >= 0.6 is 0 Å². The Bertz CT molecular complexity index is 451. The first kappa shape index (κ1) is 11.9. The molecule has 0 saturated carbocycles. The minimum Gasteiger partial charge on any atom is -0.481 e. The zero-order valence-electron chi connectivity index (χ0n) is 8.18. The Kier molecular flexibility index (Phi) is 3.77. The quantitative estimate of drug-likeness (QED) is 0.820. The molecule has 0 aliphatic carbocycles. The van der Waals surface area contributed by atoms with Crippen LogP contribution in [0.1, 0.15) is 22.3 Å². The molecule has 0 amide bonds. The van der Waals surface area contributed by atoms with Crippen molar-refractivity contribution < 1.29 is 24.2 Å². The van der Waals surface area contributed by atoms with E-state index in [0.29, 0.717) is 0 Å². The normalized spacial score (nSPS) is 10.6. The average molecular weight is 224 g/mol. The minimum atomic E-state index is -1.19. The average Bonchev–Trinajstić information content (AvgIpc) is 2.16. The van der Waals surface area contributed by atoms with Gasteiger partial charge in [-0.05, 0) is 23.8 Å². The number of halogens is 1. The largest absolute Gasteiger partial charge is 0.481 e. The summed E-state index contributed by atoms with van der Waals surface area (Å²) in [4.78, 5) is 21.0. The van der Waals surface area contributed by atoms with Gasteiger partial charge in [-0.25, -0.2) is 9.18 Å². The van der Waals surface area contributed by atoms with Crippen molar-refractivity contribution in [2.45, 2.75) is 6.42 Å². The summed E-state index contributed by atoms with van der Waals surface area (Å²) in [5, 5.41) is 17.2. The number of rotatable bonds is 4. The molecule has 4 nitrogen and oxygen atoms in total. The number of benzene rings is 1. The fourth-order valence-electron chi connectivity index (χ4n) is 1.15. The first-order valence-corrected chi connectivity index (χ1v) is 4.42. The molecule has 5 heteroatoms. The fourth-order valence-corrected chi connectivity index (χ4v) is 1.15. The Morgan fingerprint density at radius 3 is 2.56 bits per heavy atom. The minimum absolute atomic E-state index is 0.0666. The molecule has 1 aromatic rings. The van der Waals surface area contributed by atoms with Crippen LogP contribution in [-0.2, 0) is 4.79 Å². The summed E-state index contributed by atoms with van der Waals surface area (Å²) in [5.74, 6) is -2.79. The molecule has 0 heterocycles. The van der Waals surface area contributed by atoms with Gasteiger partial charge in [0.05, 0.1) is 12.0 Å². The maximum Gasteiger partial charge on any atom is 0.336 e. The van der Waals surface area contributed by atoms with Gasteiger partial charge in [-0.3, -0.25) is 4.79 Å². The standard InChI is InChI=1S/C11H9FO4/c12-8-4-5-9(11(15)16)7(6-8)2-1-3-10(13)14/h1-2,4-6H,3H2,(H,13,14)(H,15,16). The Balaban J connectivity index is 3.01. The molecular weight excluding hydrogens is 215 g/mol. The first-order chi connectivity index (χ1) is 7.50. The number of aliphatic carboxylic acids is 1. The molecule has 2 N–H and O–H groups in total. The van der Waals surface area contributed by atoms with Gasteiger partial charge >= 0.3 is 11.9 Å². The van der Waals surface area contributed by atoms with E-state index in [9.17, 15) is 14.0 Å². The lowest BCUT2D eigenvalue weighted by Gasteiger charge is -2.00. The van der Waals surface area contributed by atoms with E-state index in [-0.39, 0.29) is 17.5 Å². The van der Waals surface area contributed by atoms with Crippen molar-refractivity contribution in [3.63, 3.8) is 0 Å². The van der Waals surface area contributed by atoms with Crippen LogP contribution in [0.3, 0.4) is 0 Å². The molecule has 0 fully saturated rings. The second-order valence-corrected chi connectivity index (χ2v) is 3.04. The highest BCUT2D eigenvalue weighted by Gasteiger charge is 2.08. The molecule has 1 rings (SSSR count). The molecular formula is C11H9FO4. The lowest BCUT2D eigenvalue weighted by atomic mass is 10.1. The Labute approximate surface area is 90.6 Å². The van der Waals surface area contributed by atoms with E-state index in [4.69, 9.17) is 10.2 Å². The van der Waals surface area contributed by atoms with Crippen LogP contribution in [-0.4, -0.2) is 22.2 Å². The second kappa shape index (κ2) is 5.06. The van der Waals surface area contributed by atoms with Crippen molar-refractivity contribution in [3.8, 4) is 0 Å². The predicted molar refractivity (Wildman–Crippen MR) is 54.6 cm³/mol. The summed E-state index contributed by atoms with van der Waals surface area (Å²) in [7, 11) is 0. The number of aromatic carboxylic acids is 1. The van der Waals surface area contributed by atoms with Crippen LogP contribution in [0.15, 0.2) is 24.3 Å². The molecule has 1 aromatic carbocycles. The smallest absolute Gasteiger partial charge is 0.336 e. The van der Waals surface area contributed by atoms with Gasteiger partial charge in [0.1, 0.15) is 5.82 Å². The van der Waals surface area contributed by atoms with Gasteiger partial charge in [0, 0.05) is 0 Å². The van der Waals surface area contributed by atoms with Gasteiger partial charge in [-0.15, -0.1) is 0 Å². The number of carboxylic acid groups (broad SMARTS) is 2. The van der Waals surface area contributed by atoms with E-state index in [1.807, 2.05) is 0 Å². The van der Waals surface area contributed by atoms with Crippen LogP contribution < -0.4 is 0 Å². The summed E-state index contributed by atoms with van der Waals surface area (Å²) in [6, 6.07) is 3.22. The van der Waals surface area contributed by atoms with Crippen LogP contribution in [0, 0.1) is 5.82 Å². The third-order valence-electron chi connectivity index (χ3n) is 1.83. The Morgan fingerprint density at radius 2 is 2.00 bits per heavy atom. The molecule has 0 atom stereocenters. The van der Waals surface area contributed by atoms with Crippen molar-refractivity contribution in [1.82, 2.24) is 0 Å². The van der Waals surface area contributed by atoms with Crippen molar-refractivity contribution in [2.75, 3.05) is 0 Å². The van der Waals surface area contributed by atoms with Crippen molar-refractivity contribution in [1.29, 1.82) is 0 Å². The molecule has 84 valence electrons. The summed E-state index contributed by atoms with van der Waals surface area (Å²) in [5.41, 5.74) is 0.0804. The zero-order valence-corrected chi connectivity index (χ0v) is 8.18. The summed E-state index contributed by atoms with van der Waals surface area (Å²) in [6.45, 7) is 0. The molecule has 0 aliphatic rings. The summed E-state index contributed by atoms with van der Waals surface area (Å²) < 4.78 is 12.9. The highest BCUT2D eigenvalue weighted by Crippen LogP contribution is 2.13. The predicted octanol–water partition coefficient (Wildman–Crippen LogP) is 2.01. The molecule has 0 bridgehead atoms. The lowest BCUT2D eigenvalue weighted by Crippen LogP contribution is -2.00. The van der Waals surface area contributed by atoms with Gasteiger partial charge in [0.15, 0.2) is 0 Å². The fraction of sp³-hybridized carbons (Fsp3) is 0.0909. The topological polar surface area (TPSA) is 74.6 Å². The number of hydrogen-bond donors (Lipinski definition) is 2. The third-order valence-corrected chi connectivity index (χ3v) is 1.83. The van der Waals surface area contributed by atoms with Crippen molar-refractivity contribution >= 4 is 18.0 Å². The highest BCUT2D eigenvalue weighted by atomic mass is 19.1.